The van der Waals surface area contributed by atoms with Gasteiger partial charge in [0.2, 0.25) is 5.91 Å². The summed E-state index contributed by atoms with van der Waals surface area (Å²) in [5.41, 5.74) is 1.60. The molecule has 2 aromatic heterocycles. The van der Waals surface area contributed by atoms with Gasteiger partial charge in [0.05, 0.1) is 11.2 Å². The summed E-state index contributed by atoms with van der Waals surface area (Å²) in [6.07, 6.45) is 4.61. The molecule has 2 N–H and O–H groups in total. The van der Waals surface area contributed by atoms with Gasteiger partial charge in [-0.25, -0.2) is 0 Å². The first-order valence-electron chi connectivity index (χ1n) is 7.96. The Morgan fingerprint density at radius 1 is 1.15 bits per heavy atom. The van der Waals surface area contributed by atoms with E-state index in [-0.39, 0.29) is 18.4 Å². The van der Waals surface area contributed by atoms with Crippen LogP contribution in [-0.4, -0.2) is 31.4 Å². The molecule has 0 radical (unpaired) electrons. The lowest BCUT2D eigenvalue weighted by molar-refractivity contribution is -0.116. The number of nitrogens with one attached hydrogen (secondary N) is 2. The number of halogens is 1. The number of hydrogen-bond acceptors (Lipinski definition) is 4. The van der Waals surface area contributed by atoms with Crippen LogP contribution in [0, 0.1) is 0 Å². The Bertz CT molecular complexity index is 933. The molecule has 0 unspecified atom stereocenters. The molecule has 2 amide bonds. The number of amides is 2. The zero-order chi connectivity index (χ0) is 18.5. The highest BCUT2D eigenvalue weighted by molar-refractivity contribution is 6.30. The number of aryl methyl sites for hydroxylation is 1. The fraction of sp³-hybridized carbons (Fsp3) is 0.176. The van der Waals surface area contributed by atoms with Gasteiger partial charge in [-0.1, -0.05) is 17.7 Å². The third-order valence-electron chi connectivity index (χ3n) is 3.56. The molecular weight excluding hydrogens is 356 g/mol. The summed E-state index contributed by atoms with van der Waals surface area (Å²) in [6, 6.07) is 8.55. The van der Waals surface area contributed by atoms with Crippen LogP contribution in [0.1, 0.15) is 17.4 Å². The third-order valence-corrected chi connectivity index (χ3v) is 3.76. The minimum absolute atomic E-state index is 0.0407. The standard InChI is InChI=1S/C17H17ClN6O2/c1-2-24-15(6-7-19-24)17(26)22-14-5-3-4-13(8-14)21-16(25)11-23-10-12(18)9-20-23/h3-10H,2,11H2,1H3,(H,21,25)(H,22,26). The quantitative estimate of drug-likeness (QED) is 0.695. The normalized spacial score (nSPS) is 10.5. The van der Waals surface area contributed by atoms with Gasteiger partial charge in [0.15, 0.2) is 0 Å². The summed E-state index contributed by atoms with van der Waals surface area (Å²) in [4.78, 5) is 24.4. The topological polar surface area (TPSA) is 93.8 Å². The van der Waals surface area contributed by atoms with E-state index in [2.05, 4.69) is 20.8 Å². The van der Waals surface area contributed by atoms with Gasteiger partial charge in [0, 0.05) is 30.3 Å². The van der Waals surface area contributed by atoms with Gasteiger partial charge < -0.3 is 10.6 Å². The molecule has 26 heavy (non-hydrogen) atoms. The van der Waals surface area contributed by atoms with Crippen molar-refractivity contribution in [1.29, 1.82) is 0 Å². The van der Waals surface area contributed by atoms with Crippen molar-refractivity contribution in [3.05, 3.63) is 59.6 Å². The van der Waals surface area contributed by atoms with Crippen LogP contribution in [0.25, 0.3) is 0 Å². The van der Waals surface area contributed by atoms with Gasteiger partial charge in [-0.15, -0.1) is 0 Å². The summed E-state index contributed by atoms with van der Waals surface area (Å²) in [5, 5.41) is 14.1. The fourth-order valence-electron chi connectivity index (χ4n) is 2.42. The molecule has 1 aromatic carbocycles. The van der Waals surface area contributed by atoms with Gasteiger partial charge in [0.1, 0.15) is 12.2 Å². The number of anilines is 2. The highest BCUT2D eigenvalue weighted by Crippen LogP contribution is 2.16. The monoisotopic (exact) mass is 372 g/mol. The van der Waals surface area contributed by atoms with Crippen LogP contribution in [-0.2, 0) is 17.9 Å². The molecule has 2 heterocycles. The molecule has 3 rings (SSSR count). The second kappa shape index (κ2) is 7.83. The van der Waals surface area contributed by atoms with E-state index >= 15 is 0 Å². The summed E-state index contributed by atoms with van der Waals surface area (Å²) < 4.78 is 3.05. The lowest BCUT2D eigenvalue weighted by Crippen LogP contribution is -2.19. The van der Waals surface area contributed by atoms with Gasteiger partial charge in [-0.3, -0.25) is 19.0 Å². The lowest BCUT2D eigenvalue weighted by Gasteiger charge is -2.09. The van der Waals surface area contributed by atoms with Crippen molar-refractivity contribution in [3.8, 4) is 0 Å². The molecule has 9 heteroatoms. The maximum absolute atomic E-state index is 12.3. The van der Waals surface area contributed by atoms with E-state index in [1.54, 1.807) is 47.4 Å². The van der Waals surface area contributed by atoms with E-state index in [4.69, 9.17) is 11.6 Å². The number of hydrogen-bond donors (Lipinski definition) is 2. The average molecular weight is 373 g/mol. The van der Waals surface area contributed by atoms with Crippen molar-refractivity contribution in [1.82, 2.24) is 19.6 Å². The van der Waals surface area contributed by atoms with E-state index in [1.165, 1.54) is 10.9 Å². The molecule has 8 nitrogen and oxygen atoms in total. The second-order valence-electron chi connectivity index (χ2n) is 5.47. The van der Waals surface area contributed by atoms with Crippen molar-refractivity contribution in [3.63, 3.8) is 0 Å². The Morgan fingerprint density at radius 2 is 1.92 bits per heavy atom. The molecule has 0 spiro atoms. The lowest BCUT2D eigenvalue weighted by atomic mass is 10.2. The molecule has 0 saturated carbocycles. The molecule has 3 aromatic rings. The predicted octanol–water partition coefficient (Wildman–Crippen LogP) is 2.64. The van der Waals surface area contributed by atoms with Crippen molar-refractivity contribution >= 4 is 34.8 Å². The van der Waals surface area contributed by atoms with Crippen LogP contribution in [0.15, 0.2) is 48.9 Å². The van der Waals surface area contributed by atoms with E-state index in [9.17, 15) is 9.59 Å². The Labute approximate surface area is 154 Å². The molecule has 0 aliphatic rings. The minimum atomic E-state index is -0.265. The van der Waals surface area contributed by atoms with Gasteiger partial charge in [-0.05, 0) is 31.2 Å². The molecule has 0 aliphatic carbocycles. The highest BCUT2D eigenvalue weighted by atomic mass is 35.5. The van der Waals surface area contributed by atoms with Crippen LogP contribution >= 0.6 is 11.6 Å². The zero-order valence-electron chi connectivity index (χ0n) is 14.0. The van der Waals surface area contributed by atoms with Gasteiger partial charge in [0.25, 0.3) is 5.91 Å². The van der Waals surface area contributed by atoms with Crippen LogP contribution in [0.3, 0.4) is 0 Å². The highest BCUT2D eigenvalue weighted by Gasteiger charge is 2.12. The Morgan fingerprint density at radius 3 is 2.62 bits per heavy atom. The SMILES string of the molecule is CCn1nccc1C(=O)Nc1cccc(NC(=O)Cn2cc(Cl)cn2)c1. The Kier molecular flexibility index (Phi) is 5.33. The van der Waals surface area contributed by atoms with Gasteiger partial charge in [-0.2, -0.15) is 10.2 Å². The number of nitrogens with zero attached hydrogens (tertiary/aromatic N) is 4. The van der Waals surface area contributed by atoms with Crippen LogP contribution in [0.4, 0.5) is 11.4 Å². The number of carbonyl (C=O) groups is 2. The number of rotatable bonds is 6. The number of carbonyl (C=O) groups excluding carboxylic acids is 2. The van der Waals surface area contributed by atoms with E-state index in [0.29, 0.717) is 28.6 Å². The maximum atomic E-state index is 12.3. The summed E-state index contributed by atoms with van der Waals surface area (Å²) >= 11 is 5.78. The molecular formula is C17H17ClN6O2. The zero-order valence-corrected chi connectivity index (χ0v) is 14.8. The first-order chi connectivity index (χ1) is 12.5. The Hall–Kier alpha value is -3.13. The summed E-state index contributed by atoms with van der Waals surface area (Å²) in [5.74, 6) is -0.517. The molecule has 0 fully saturated rings. The molecule has 0 aliphatic heterocycles. The van der Waals surface area contributed by atoms with E-state index in [1.807, 2.05) is 6.92 Å². The van der Waals surface area contributed by atoms with Crippen molar-refractivity contribution in [2.45, 2.75) is 20.0 Å². The largest absolute Gasteiger partial charge is 0.324 e. The first-order valence-corrected chi connectivity index (χ1v) is 8.34. The van der Waals surface area contributed by atoms with E-state index < -0.39 is 0 Å². The number of aromatic nitrogens is 4. The van der Waals surface area contributed by atoms with Crippen LogP contribution in [0.2, 0.25) is 5.02 Å². The molecule has 134 valence electrons. The third kappa shape index (κ3) is 4.28. The van der Waals surface area contributed by atoms with Crippen LogP contribution < -0.4 is 10.6 Å². The predicted molar refractivity (Wildman–Crippen MR) is 98.2 cm³/mol. The molecule has 0 atom stereocenters. The first kappa shape index (κ1) is 17.7. The molecule has 0 saturated heterocycles. The van der Waals surface area contributed by atoms with Crippen LogP contribution in [0.5, 0.6) is 0 Å². The number of benzene rings is 1. The van der Waals surface area contributed by atoms with Crippen molar-refractivity contribution in [2.75, 3.05) is 10.6 Å². The fourth-order valence-corrected chi connectivity index (χ4v) is 2.58. The van der Waals surface area contributed by atoms with Crippen molar-refractivity contribution < 1.29 is 9.59 Å². The van der Waals surface area contributed by atoms with E-state index in [0.717, 1.165) is 0 Å². The second-order valence-corrected chi connectivity index (χ2v) is 5.91. The Balaban J connectivity index is 1.64. The minimum Gasteiger partial charge on any atom is -0.324 e. The maximum Gasteiger partial charge on any atom is 0.273 e. The summed E-state index contributed by atoms with van der Waals surface area (Å²) in [7, 11) is 0. The summed E-state index contributed by atoms with van der Waals surface area (Å²) in [6.45, 7) is 2.55. The smallest absolute Gasteiger partial charge is 0.273 e. The van der Waals surface area contributed by atoms with Crippen molar-refractivity contribution in [2.24, 2.45) is 0 Å². The molecule has 0 bridgehead atoms. The average Bonchev–Trinajstić information content (AvgIpc) is 3.23. The van der Waals surface area contributed by atoms with Gasteiger partial charge >= 0.3 is 0 Å².